The van der Waals surface area contributed by atoms with Crippen LogP contribution in [0.1, 0.15) is 58.8 Å². The highest BCUT2D eigenvalue weighted by molar-refractivity contribution is 5.73. The van der Waals surface area contributed by atoms with Crippen LogP contribution in [0, 0.1) is 29.6 Å². The summed E-state index contributed by atoms with van der Waals surface area (Å²) in [4.78, 5) is 10.9. The van der Waals surface area contributed by atoms with Crippen LogP contribution in [0.2, 0.25) is 0 Å². The third kappa shape index (κ3) is 5.40. The van der Waals surface area contributed by atoms with Crippen LogP contribution in [-0.4, -0.2) is 45.8 Å². The molecule has 3 N–H and O–H groups in total. The fourth-order valence-corrected chi connectivity index (χ4v) is 4.91. The lowest BCUT2D eigenvalue weighted by atomic mass is 9.88. The highest BCUT2D eigenvalue weighted by atomic mass is 19.1. The lowest BCUT2D eigenvalue weighted by molar-refractivity contribution is -0.138. The zero-order valence-corrected chi connectivity index (χ0v) is 17.4. The number of unbranched alkanes of at least 4 members (excludes halogenated alkanes) is 1. The lowest BCUT2D eigenvalue weighted by Gasteiger charge is -2.19. The van der Waals surface area contributed by atoms with E-state index in [2.05, 4.69) is 13.8 Å². The predicted octanol–water partition coefficient (Wildman–Crippen LogP) is 3.85. The summed E-state index contributed by atoms with van der Waals surface area (Å²) < 4.78 is 20.8. The van der Waals surface area contributed by atoms with Crippen molar-refractivity contribution in [3.63, 3.8) is 0 Å². The van der Waals surface area contributed by atoms with Crippen LogP contribution in [0.3, 0.4) is 0 Å². The molecule has 0 spiro atoms. The average Bonchev–Trinajstić information content (AvgIpc) is 3.30. The quantitative estimate of drug-likeness (QED) is 0.476. The normalized spacial score (nSPS) is 39.5. The maximum Gasteiger partial charge on any atom is 0.306 e. The Labute approximate surface area is 172 Å². The van der Waals surface area contributed by atoms with Gasteiger partial charge in [-0.1, -0.05) is 45.3 Å². The first-order valence-corrected chi connectivity index (χ1v) is 11.1. The fourth-order valence-electron chi connectivity index (χ4n) is 4.91. The Morgan fingerprint density at radius 2 is 2.14 bits per heavy atom. The summed E-state index contributed by atoms with van der Waals surface area (Å²) in [5.74, 6) is -1.15. The summed E-state index contributed by atoms with van der Waals surface area (Å²) in [7, 11) is 0. The molecule has 2 aliphatic carbocycles. The lowest BCUT2D eigenvalue weighted by Crippen LogP contribution is -2.25. The molecule has 3 fully saturated rings. The molecule has 0 aromatic carbocycles. The van der Waals surface area contributed by atoms with Gasteiger partial charge in [-0.2, -0.15) is 0 Å². The van der Waals surface area contributed by atoms with Crippen LogP contribution in [0.4, 0.5) is 4.39 Å². The minimum Gasteiger partial charge on any atom is -0.491 e. The summed E-state index contributed by atoms with van der Waals surface area (Å²) in [6, 6.07) is 0. The van der Waals surface area contributed by atoms with Gasteiger partial charge >= 0.3 is 5.97 Å². The van der Waals surface area contributed by atoms with Gasteiger partial charge in [-0.05, 0) is 37.2 Å². The molecule has 3 rings (SSSR count). The molecule has 2 unspecified atom stereocenters. The van der Waals surface area contributed by atoms with Gasteiger partial charge in [0.2, 0.25) is 0 Å². The number of fused-ring (bicyclic) bond motifs is 1. The molecule has 0 radical (unpaired) electrons. The van der Waals surface area contributed by atoms with Gasteiger partial charge in [-0.25, -0.2) is 4.39 Å². The number of ether oxygens (including phenoxy) is 1. The number of carbonyl (C=O) groups is 1. The number of rotatable bonds is 10. The van der Waals surface area contributed by atoms with Gasteiger partial charge in [0.15, 0.2) is 6.17 Å². The van der Waals surface area contributed by atoms with E-state index in [0.29, 0.717) is 31.6 Å². The highest BCUT2D eigenvalue weighted by Gasteiger charge is 2.53. The highest BCUT2D eigenvalue weighted by Crippen LogP contribution is 2.48. The number of aliphatic hydroxyl groups excluding tert-OH is 2. The number of aliphatic hydroxyl groups is 2. The second-order valence-corrected chi connectivity index (χ2v) is 9.23. The van der Waals surface area contributed by atoms with E-state index in [0.717, 1.165) is 19.3 Å². The van der Waals surface area contributed by atoms with Gasteiger partial charge in [0.25, 0.3) is 0 Å². The second kappa shape index (κ2) is 9.61. The molecule has 6 heteroatoms. The van der Waals surface area contributed by atoms with Gasteiger partial charge in [0.1, 0.15) is 11.9 Å². The Morgan fingerprint density at radius 1 is 1.38 bits per heavy atom. The number of hydrogen-bond acceptors (Lipinski definition) is 4. The summed E-state index contributed by atoms with van der Waals surface area (Å²) in [6.07, 6.45) is 7.81. The van der Waals surface area contributed by atoms with Crippen molar-refractivity contribution < 1.29 is 29.2 Å². The molecular weight excluding hydrogens is 375 g/mol. The smallest absolute Gasteiger partial charge is 0.306 e. The molecule has 5 nitrogen and oxygen atoms in total. The number of halogens is 1. The second-order valence-electron chi connectivity index (χ2n) is 9.23. The average molecular weight is 411 g/mol. The maximum atomic E-state index is 15.1. The zero-order valence-electron chi connectivity index (χ0n) is 17.4. The summed E-state index contributed by atoms with van der Waals surface area (Å²) >= 11 is 0. The monoisotopic (exact) mass is 410 g/mol. The maximum absolute atomic E-state index is 15.1. The fraction of sp³-hybridized carbons (Fsp3) is 0.783. The number of aliphatic carboxylic acids is 1. The summed E-state index contributed by atoms with van der Waals surface area (Å²) in [5.41, 5.74) is 0. The number of allylic oxidation sites excluding steroid dienone is 2. The number of hydrogen-bond donors (Lipinski definition) is 3. The molecule has 1 aliphatic heterocycles. The van der Waals surface area contributed by atoms with Crippen LogP contribution < -0.4 is 0 Å². The number of carboxylic acid groups (broad SMARTS) is 1. The van der Waals surface area contributed by atoms with E-state index in [9.17, 15) is 15.0 Å². The Balaban J connectivity index is 1.55. The van der Waals surface area contributed by atoms with E-state index >= 15 is 4.39 Å². The van der Waals surface area contributed by atoms with Gasteiger partial charge < -0.3 is 20.1 Å². The van der Waals surface area contributed by atoms with Crippen LogP contribution in [0.15, 0.2) is 24.0 Å². The first-order valence-electron chi connectivity index (χ1n) is 11.1. The van der Waals surface area contributed by atoms with E-state index in [4.69, 9.17) is 9.84 Å². The van der Waals surface area contributed by atoms with E-state index in [1.165, 1.54) is 0 Å². The van der Waals surface area contributed by atoms with Crippen LogP contribution in [0.25, 0.3) is 0 Å². The summed E-state index contributed by atoms with van der Waals surface area (Å²) in [6.45, 7) is 4.28. The molecule has 164 valence electrons. The van der Waals surface area contributed by atoms with Crippen molar-refractivity contribution in [3.8, 4) is 0 Å². The molecule has 0 aromatic rings. The molecular formula is C23H35FO5. The van der Waals surface area contributed by atoms with Crippen molar-refractivity contribution in [2.45, 2.75) is 83.3 Å². The van der Waals surface area contributed by atoms with E-state index in [1.807, 2.05) is 0 Å². The first-order chi connectivity index (χ1) is 13.8. The van der Waals surface area contributed by atoms with Gasteiger partial charge in [-0.15, -0.1) is 0 Å². The minimum atomic E-state index is -1.30. The molecule has 2 saturated carbocycles. The molecule has 9 atom stereocenters. The number of alkyl halides is 1. The largest absolute Gasteiger partial charge is 0.491 e. The van der Waals surface area contributed by atoms with E-state index < -0.39 is 30.3 Å². The molecule has 0 aromatic heterocycles. The van der Waals surface area contributed by atoms with Crippen molar-refractivity contribution in [2.24, 2.45) is 29.6 Å². The molecule has 1 heterocycles. The Hall–Kier alpha value is -1.40. The van der Waals surface area contributed by atoms with Crippen LogP contribution in [-0.2, 0) is 9.53 Å². The SMILES string of the molecule is CCCC[C@H](C)C[C@H](O)/C=C/[C@@H]1[C@@H]2[C@H](C[C@H]1O)O/C(=C\CC1CC1C(=O)O)[C@@H]2F. The van der Waals surface area contributed by atoms with Crippen molar-refractivity contribution in [3.05, 3.63) is 24.0 Å². The standard InChI is InChI=1S/C23H35FO5/c1-3-4-5-13(2)10-15(25)7-8-16-18(26)12-20-21(16)22(24)19(29-20)9-6-14-11-17(14)23(27)28/h7-9,13-18,20-22,25-26H,3-6,10-12H2,1-2H3,(H,27,28)/b8-7+,19-9-/t13-,14?,15+,16-,17?,18+,20-,21+,22-/m0/s1. The Bertz CT molecular complexity index is 633. The predicted molar refractivity (Wildman–Crippen MR) is 108 cm³/mol. The molecule has 3 aliphatic rings. The van der Waals surface area contributed by atoms with Crippen molar-refractivity contribution in [2.75, 3.05) is 0 Å². The van der Waals surface area contributed by atoms with Crippen molar-refractivity contribution >= 4 is 5.97 Å². The van der Waals surface area contributed by atoms with Gasteiger partial charge in [-0.3, -0.25) is 4.79 Å². The van der Waals surface area contributed by atoms with E-state index in [-0.39, 0.29) is 29.6 Å². The van der Waals surface area contributed by atoms with Gasteiger partial charge in [0.05, 0.1) is 18.1 Å². The van der Waals surface area contributed by atoms with E-state index in [1.54, 1.807) is 18.2 Å². The zero-order chi connectivity index (χ0) is 21.1. The molecule has 0 bridgehead atoms. The van der Waals surface area contributed by atoms with Crippen LogP contribution >= 0.6 is 0 Å². The topological polar surface area (TPSA) is 87.0 Å². The van der Waals surface area contributed by atoms with Gasteiger partial charge in [0, 0.05) is 18.3 Å². The third-order valence-electron chi connectivity index (χ3n) is 6.80. The van der Waals surface area contributed by atoms with Crippen molar-refractivity contribution in [1.29, 1.82) is 0 Å². The van der Waals surface area contributed by atoms with Crippen molar-refractivity contribution in [1.82, 2.24) is 0 Å². The first kappa shape index (κ1) is 22.3. The third-order valence-corrected chi connectivity index (χ3v) is 6.80. The molecule has 29 heavy (non-hydrogen) atoms. The minimum absolute atomic E-state index is 0.0716. The Morgan fingerprint density at radius 3 is 2.79 bits per heavy atom. The Kier molecular flexibility index (Phi) is 7.38. The van der Waals surface area contributed by atoms with Crippen LogP contribution in [0.5, 0.6) is 0 Å². The molecule has 0 amide bonds. The summed E-state index contributed by atoms with van der Waals surface area (Å²) in [5, 5.41) is 29.6. The molecule has 1 saturated heterocycles. The number of carboxylic acids is 1.